The summed E-state index contributed by atoms with van der Waals surface area (Å²) in [6, 6.07) is 12.2. The molecule has 0 saturated carbocycles. The second-order valence-electron chi connectivity index (χ2n) is 6.47. The number of benzene rings is 2. The zero-order chi connectivity index (χ0) is 22.4. The van der Waals surface area contributed by atoms with Crippen molar-refractivity contribution in [2.75, 3.05) is 13.7 Å². The molecule has 164 valence electrons. The number of alkyl halides is 4. The lowest BCUT2D eigenvalue weighted by atomic mass is 10.1. The first-order chi connectivity index (χ1) is 14.8. The number of amides is 1. The molecule has 1 heterocycles. The summed E-state index contributed by atoms with van der Waals surface area (Å²) in [7, 11) is 1.38. The highest BCUT2D eigenvalue weighted by atomic mass is 32.1. The quantitative estimate of drug-likeness (QED) is 0.278. The fourth-order valence-electron chi connectivity index (χ4n) is 2.73. The minimum absolute atomic E-state index is 0.339. The molecule has 0 aliphatic carbocycles. The number of hydrazone groups is 1. The number of fused-ring (bicyclic) bond motifs is 1. The van der Waals surface area contributed by atoms with Crippen molar-refractivity contribution in [2.45, 2.75) is 19.0 Å². The van der Waals surface area contributed by atoms with Crippen LogP contribution in [0.4, 0.5) is 17.6 Å². The molecule has 0 saturated heterocycles. The summed E-state index contributed by atoms with van der Waals surface area (Å²) in [5.41, 5.74) is 3.83. The van der Waals surface area contributed by atoms with E-state index < -0.39 is 19.0 Å². The third-order valence-corrected chi connectivity index (χ3v) is 5.24. The first-order valence-corrected chi connectivity index (χ1v) is 9.90. The molecule has 1 aromatic heterocycles. The fraction of sp³-hybridized carbons (Fsp3) is 0.238. The summed E-state index contributed by atoms with van der Waals surface area (Å²) in [6.45, 7) is -1.78. The molecular formula is C21H18F4N2O3S. The molecule has 2 aromatic carbocycles. The third-order valence-electron chi connectivity index (χ3n) is 4.28. The van der Waals surface area contributed by atoms with Crippen LogP contribution in [0.5, 0.6) is 5.75 Å². The molecule has 3 rings (SSSR count). The van der Waals surface area contributed by atoms with Gasteiger partial charge >= 0.3 is 12.3 Å². The maximum Gasteiger partial charge on any atom is 0.330 e. The maximum absolute atomic E-state index is 13.0. The minimum Gasteiger partial charge on any atom is -0.496 e. The number of hydrogen-bond acceptors (Lipinski definition) is 5. The lowest BCUT2D eigenvalue weighted by Crippen LogP contribution is -2.32. The Morgan fingerprint density at radius 2 is 2.03 bits per heavy atom. The van der Waals surface area contributed by atoms with E-state index in [1.165, 1.54) is 30.7 Å². The van der Waals surface area contributed by atoms with Crippen molar-refractivity contribution in [3.63, 3.8) is 0 Å². The zero-order valence-corrected chi connectivity index (χ0v) is 17.1. The molecular weight excluding hydrogens is 436 g/mol. The highest BCUT2D eigenvalue weighted by molar-refractivity contribution is 7.17. The summed E-state index contributed by atoms with van der Waals surface area (Å²) in [5, 5.41) is 6.49. The lowest BCUT2D eigenvalue weighted by Gasteiger charge is -2.16. The van der Waals surface area contributed by atoms with E-state index in [0.717, 1.165) is 10.1 Å². The van der Waals surface area contributed by atoms with Gasteiger partial charge in [0.15, 0.2) is 0 Å². The van der Waals surface area contributed by atoms with Crippen LogP contribution in [0.15, 0.2) is 52.9 Å². The van der Waals surface area contributed by atoms with E-state index in [2.05, 4.69) is 10.5 Å². The van der Waals surface area contributed by atoms with Crippen molar-refractivity contribution in [1.29, 1.82) is 0 Å². The zero-order valence-electron chi connectivity index (χ0n) is 16.3. The molecule has 0 spiro atoms. The SMILES string of the molecule is COc1ccc(/C=N/NC(=O)c2csc3ccccc23)cc1COCC(F)(F)C(F)F. The highest BCUT2D eigenvalue weighted by Gasteiger charge is 2.41. The van der Waals surface area contributed by atoms with Crippen LogP contribution in [-0.2, 0) is 11.3 Å². The van der Waals surface area contributed by atoms with Crippen LogP contribution in [-0.4, -0.2) is 38.2 Å². The van der Waals surface area contributed by atoms with Crippen LogP contribution in [0.25, 0.3) is 10.1 Å². The summed E-state index contributed by atoms with van der Waals surface area (Å²) >= 11 is 1.45. The number of thiophene rings is 1. The van der Waals surface area contributed by atoms with Gasteiger partial charge in [-0.3, -0.25) is 4.79 Å². The van der Waals surface area contributed by atoms with Gasteiger partial charge < -0.3 is 9.47 Å². The Balaban J connectivity index is 1.65. The smallest absolute Gasteiger partial charge is 0.330 e. The number of carbonyl (C=O) groups is 1. The number of hydrogen-bond donors (Lipinski definition) is 1. The Bertz CT molecular complexity index is 1090. The van der Waals surface area contributed by atoms with Gasteiger partial charge in [0.2, 0.25) is 0 Å². The number of nitrogens with zero attached hydrogens (tertiary/aromatic N) is 1. The Labute approximate surface area is 179 Å². The van der Waals surface area contributed by atoms with E-state index in [1.54, 1.807) is 17.5 Å². The number of halogens is 4. The number of nitrogens with one attached hydrogen (secondary N) is 1. The van der Waals surface area contributed by atoms with Crippen molar-refractivity contribution >= 4 is 33.5 Å². The average molecular weight is 454 g/mol. The molecule has 0 atom stereocenters. The molecule has 0 aliphatic rings. The van der Waals surface area contributed by atoms with Gasteiger partial charge in [0.25, 0.3) is 5.91 Å². The summed E-state index contributed by atoms with van der Waals surface area (Å²) in [6.07, 6.45) is -2.44. The van der Waals surface area contributed by atoms with E-state index in [9.17, 15) is 22.4 Å². The molecule has 3 aromatic rings. The summed E-state index contributed by atoms with van der Waals surface area (Å²) in [4.78, 5) is 12.4. The predicted octanol–water partition coefficient (Wildman–Crippen LogP) is 5.09. The van der Waals surface area contributed by atoms with Crippen LogP contribution >= 0.6 is 11.3 Å². The van der Waals surface area contributed by atoms with Crippen molar-refractivity contribution in [3.8, 4) is 5.75 Å². The number of rotatable bonds is 9. The van der Waals surface area contributed by atoms with Crippen LogP contribution in [0.3, 0.4) is 0 Å². The van der Waals surface area contributed by atoms with Gasteiger partial charge in [-0.15, -0.1) is 11.3 Å². The van der Waals surface area contributed by atoms with E-state index in [0.29, 0.717) is 22.4 Å². The largest absolute Gasteiger partial charge is 0.496 e. The van der Waals surface area contributed by atoms with Crippen LogP contribution < -0.4 is 10.2 Å². The Kier molecular flexibility index (Phi) is 7.24. The van der Waals surface area contributed by atoms with Crippen molar-refractivity contribution in [1.82, 2.24) is 5.43 Å². The van der Waals surface area contributed by atoms with Gasteiger partial charge in [-0.1, -0.05) is 18.2 Å². The van der Waals surface area contributed by atoms with E-state index in [1.807, 2.05) is 24.3 Å². The second kappa shape index (κ2) is 9.88. The predicted molar refractivity (Wildman–Crippen MR) is 110 cm³/mol. The van der Waals surface area contributed by atoms with Gasteiger partial charge in [-0.25, -0.2) is 14.2 Å². The summed E-state index contributed by atoms with van der Waals surface area (Å²) < 4.78 is 61.3. The minimum atomic E-state index is -4.23. The second-order valence-corrected chi connectivity index (χ2v) is 7.38. The van der Waals surface area contributed by atoms with Gasteiger partial charge in [0.05, 0.1) is 25.5 Å². The Morgan fingerprint density at radius 3 is 2.77 bits per heavy atom. The summed E-state index contributed by atoms with van der Waals surface area (Å²) in [5.74, 6) is -4.27. The Hall–Kier alpha value is -2.98. The average Bonchev–Trinajstić information content (AvgIpc) is 3.18. The van der Waals surface area contributed by atoms with E-state index >= 15 is 0 Å². The molecule has 1 amide bonds. The topological polar surface area (TPSA) is 59.9 Å². The first-order valence-electron chi connectivity index (χ1n) is 9.02. The number of ether oxygens (including phenoxy) is 2. The van der Waals surface area contributed by atoms with Crippen molar-refractivity contribution in [3.05, 3.63) is 64.5 Å². The number of methoxy groups -OCH3 is 1. The van der Waals surface area contributed by atoms with E-state index in [4.69, 9.17) is 9.47 Å². The van der Waals surface area contributed by atoms with Gasteiger partial charge in [0, 0.05) is 21.0 Å². The molecule has 10 heteroatoms. The Morgan fingerprint density at radius 1 is 1.26 bits per heavy atom. The van der Waals surface area contributed by atoms with Crippen LogP contribution in [0.1, 0.15) is 21.5 Å². The van der Waals surface area contributed by atoms with Crippen LogP contribution in [0, 0.1) is 0 Å². The van der Waals surface area contributed by atoms with Crippen molar-refractivity contribution in [2.24, 2.45) is 5.10 Å². The van der Waals surface area contributed by atoms with Crippen LogP contribution in [0.2, 0.25) is 0 Å². The normalized spacial score (nSPS) is 12.1. The highest BCUT2D eigenvalue weighted by Crippen LogP contribution is 2.26. The molecule has 0 unspecified atom stereocenters. The van der Waals surface area contributed by atoms with Gasteiger partial charge in [-0.2, -0.15) is 13.9 Å². The number of carbonyl (C=O) groups excluding carboxylic acids is 1. The third kappa shape index (κ3) is 5.59. The molecule has 0 aliphatic heterocycles. The standard InChI is InChI=1S/C21H18F4N2O3S/c1-29-17-7-6-13(8-14(17)10-30-12-21(24,25)20(22)23)9-26-27-19(28)16-11-31-18-5-3-2-4-15(16)18/h2-9,11,20H,10,12H2,1H3,(H,27,28)/b26-9+. The first kappa shape index (κ1) is 22.7. The van der Waals surface area contributed by atoms with Gasteiger partial charge in [0.1, 0.15) is 12.4 Å². The molecule has 0 bridgehead atoms. The maximum atomic E-state index is 13.0. The molecule has 0 radical (unpaired) electrons. The van der Waals surface area contributed by atoms with Crippen molar-refractivity contribution < 1.29 is 31.8 Å². The monoisotopic (exact) mass is 454 g/mol. The molecule has 5 nitrogen and oxygen atoms in total. The fourth-order valence-corrected chi connectivity index (χ4v) is 3.67. The van der Waals surface area contributed by atoms with E-state index in [-0.39, 0.29) is 12.5 Å². The lowest BCUT2D eigenvalue weighted by molar-refractivity contribution is -0.168. The molecule has 1 N–H and O–H groups in total. The molecule has 0 fully saturated rings. The molecule has 31 heavy (non-hydrogen) atoms. The van der Waals surface area contributed by atoms with Gasteiger partial charge in [-0.05, 0) is 29.8 Å².